The van der Waals surface area contributed by atoms with E-state index in [0.29, 0.717) is 0 Å². The van der Waals surface area contributed by atoms with Crippen LogP contribution in [0.3, 0.4) is 0 Å². The second-order valence-corrected chi connectivity index (χ2v) is 6.30. The molecule has 1 nitrogen and oxygen atoms in total. The maximum absolute atomic E-state index is 5.20. The molecule has 0 fully saturated rings. The molecule has 1 heteroatoms. The molecule has 1 unspecified atom stereocenters. The first kappa shape index (κ1) is 16.8. The summed E-state index contributed by atoms with van der Waals surface area (Å²) in [6.45, 7) is 10.9. The van der Waals surface area contributed by atoms with Gasteiger partial charge in [0.25, 0.3) is 0 Å². The number of hydrogen-bond acceptors (Lipinski definition) is 1. The third-order valence-electron chi connectivity index (χ3n) is 3.90. The monoisotopic (exact) mass is 274 g/mol. The molecule has 0 radical (unpaired) electrons. The van der Waals surface area contributed by atoms with Gasteiger partial charge in [-0.2, -0.15) is 0 Å². The minimum atomic E-state index is 0.747. The molecule has 0 aliphatic carbocycles. The largest absolute Gasteiger partial charge is 0.497 e. The zero-order chi connectivity index (χ0) is 15.0. The Kier molecular flexibility index (Phi) is 7.43. The van der Waals surface area contributed by atoms with Gasteiger partial charge >= 0.3 is 0 Å². The van der Waals surface area contributed by atoms with Gasteiger partial charge in [-0.1, -0.05) is 64.8 Å². The predicted molar refractivity (Wildman–Crippen MR) is 88.7 cm³/mol. The van der Waals surface area contributed by atoms with E-state index in [9.17, 15) is 0 Å². The van der Waals surface area contributed by atoms with Crippen molar-refractivity contribution < 1.29 is 4.74 Å². The molecule has 1 atom stereocenters. The standard InChI is InChI=1S/C19H30O/c1-15(2)8-6-9-16(3)12-13-18-10-7-11-19(14-18)17(4)20-5/h7,10-11,14-16H,4,6,8-9,12-13H2,1-3,5H3. The van der Waals surface area contributed by atoms with E-state index in [-0.39, 0.29) is 0 Å². The first-order valence-electron chi connectivity index (χ1n) is 7.85. The van der Waals surface area contributed by atoms with E-state index in [4.69, 9.17) is 4.74 Å². The van der Waals surface area contributed by atoms with Crippen LogP contribution in [0.25, 0.3) is 5.76 Å². The van der Waals surface area contributed by atoms with E-state index in [1.165, 1.54) is 31.2 Å². The molecule has 1 rings (SSSR count). The highest BCUT2D eigenvalue weighted by Gasteiger charge is 2.05. The van der Waals surface area contributed by atoms with Gasteiger partial charge in [0.15, 0.2) is 0 Å². The average molecular weight is 274 g/mol. The fourth-order valence-corrected chi connectivity index (χ4v) is 2.45. The van der Waals surface area contributed by atoms with Gasteiger partial charge in [0.1, 0.15) is 5.76 Å². The summed E-state index contributed by atoms with van der Waals surface area (Å²) in [5, 5.41) is 0. The number of hydrogen-bond donors (Lipinski definition) is 0. The molecule has 0 spiro atoms. The summed E-state index contributed by atoms with van der Waals surface area (Å²) in [5.74, 6) is 2.39. The van der Waals surface area contributed by atoms with Crippen molar-refractivity contribution in [3.8, 4) is 0 Å². The van der Waals surface area contributed by atoms with Crippen LogP contribution in [0.2, 0.25) is 0 Å². The third kappa shape index (κ3) is 6.27. The van der Waals surface area contributed by atoms with Crippen LogP contribution in [0.4, 0.5) is 0 Å². The van der Waals surface area contributed by atoms with Crippen LogP contribution in [0.1, 0.15) is 57.6 Å². The lowest BCUT2D eigenvalue weighted by molar-refractivity contribution is 0.371. The van der Waals surface area contributed by atoms with Crippen molar-refractivity contribution in [3.05, 3.63) is 42.0 Å². The molecule has 0 heterocycles. The van der Waals surface area contributed by atoms with Crippen LogP contribution in [0.5, 0.6) is 0 Å². The summed E-state index contributed by atoms with van der Waals surface area (Å²) in [6.07, 6.45) is 6.48. The highest BCUT2D eigenvalue weighted by molar-refractivity contribution is 5.57. The number of rotatable bonds is 9. The van der Waals surface area contributed by atoms with E-state index in [2.05, 4.69) is 51.6 Å². The highest BCUT2D eigenvalue weighted by Crippen LogP contribution is 2.20. The van der Waals surface area contributed by atoms with E-state index in [1.807, 2.05) is 0 Å². The smallest absolute Gasteiger partial charge is 0.118 e. The van der Waals surface area contributed by atoms with E-state index in [0.717, 1.165) is 29.6 Å². The van der Waals surface area contributed by atoms with Gasteiger partial charge in [0.2, 0.25) is 0 Å². The summed E-state index contributed by atoms with van der Waals surface area (Å²) in [6, 6.07) is 8.56. The van der Waals surface area contributed by atoms with E-state index < -0.39 is 0 Å². The van der Waals surface area contributed by atoms with Gasteiger partial charge in [0, 0.05) is 5.56 Å². The molecule has 0 N–H and O–H groups in total. The summed E-state index contributed by atoms with van der Waals surface area (Å²) in [5.41, 5.74) is 2.48. The zero-order valence-electron chi connectivity index (χ0n) is 13.6. The Bertz CT molecular complexity index is 406. The Morgan fingerprint density at radius 3 is 2.55 bits per heavy atom. The summed E-state index contributed by atoms with van der Waals surface area (Å²) in [7, 11) is 1.67. The van der Waals surface area contributed by atoms with Crippen LogP contribution in [0.15, 0.2) is 30.8 Å². The predicted octanol–water partition coefficient (Wildman–Crippen LogP) is 5.70. The topological polar surface area (TPSA) is 9.23 Å². The SMILES string of the molecule is C=C(OC)c1cccc(CCC(C)CCCC(C)C)c1. The Labute approximate surface area is 125 Å². The first-order valence-corrected chi connectivity index (χ1v) is 7.85. The fourth-order valence-electron chi connectivity index (χ4n) is 2.45. The zero-order valence-corrected chi connectivity index (χ0v) is 13.6. The van der Waals surface area contributed by atoms with Gasteiger partial charge in [0.05, 0.1) is 7.11 Å². The number of aryl methyl sites for hydroxylation is 1. The molecule has 112 valence electrons. The van der Waals surface area contributed by atoms with E-state index in [1.54, 1.807) is 7.11 Å². The van der Waals surface area contributed by atoms with Gasteiger partial charge < -0.3 is 4.74 Å². The molecular weight excluding hydrogens is 244 g/mol. The van der Waals surface area contributed by atoms with Crippen LogP contribution in [0, 0.1) is 11.8 Å². The molecular formula is C19H30O. The van der Waals surface area contributed by atoms with Crippen LogP contribution >= 0.6 is 0 Å². The van der Waals surface area contributed by atoms with Crippen LogP contribution < -0.4 is 0 Å². The van der Waals surface area contributed by atoms with Crippen molar-refractivity contribution in [1.82, 2.24) is 0 Å². The number of methoxy groups -OCH3 is 1. The fraction of sp³-hybridized carbons (Fsp3) is 0.579. The van der Waals surface area contributed by atoms with Crippen molar-refractivity contribution in [2.75, 3.05) is 7.11 Å². The number of ether oxygens (including phenoxy) is 1. The number of benzene rings is 1. The Morgan fingerprint density at radius 2 is 1.90 bits per heavy atom. The molecule has 1 aromatic rings. The van der Waals surface area contributed by atoms with Gasteiger partial charge in [-0.3, -0.25) is 0 Å². The molecule has 0 aliphatic heterocycles. The van der Waals surface area contributed by atoms with Crippen LogP contribution in [-0.2, 0) is 11.2 Å². The summed E-state index contributed by atoms with van der Waals surface area (Å²) in [4.78, 5) is 0. The second kappa shape index (κ2) is 8.84. The van der Waals surface area contributed by atoms with Crippen molar-refractivity contribution in [2.45, 2.75) is 52.9 Å². The third-order valence-corrected chi connectivity index (χ3v) is 3.90. The Morgan fingerprint density at radius 1 is 1.15 bits per heavy atom. The lowest BCUT2D eigenvalue weighted by atomic mass is 9.94. The quantitative estimate of drug-likeness (QED) is 0.525. The van der Waals surface area contributed by atoms with E-state index >= 15 is 0 Å². The molecule has 1 aromatic carbocycles. The second-order valence-electron chi connectivity index (χ2n) is 6.30. The molecule has 20 heavy (non-hydrogen) atoms. The normalized spacial score (nSPS) is 12.4. The van der Waals surface area contributed by atoms with Crippen molar-refractivity contribution in [1.29, 1.82) is 0 Å². The van der Waals surface area contributed by atoms with Crippen LogP contribution in [-0.4, -0.2) is 7.11 Å². The minimum absolute atomic E-state index is 0.747. The Hall–Kier alpha value is -1.24. The molecule has 0 amide bonds. The first-order chi connectivity index (χ1) is 9.52. The summed E-state index contributed by atoms with van der Waals surface area (Å²) >= 11 is 0. The summed E-state index contributed by atoms with van der Waals surface area (Å²) < 4.78 is 5.20. The lowest BCUT2D eigenvalue weighted by Crippen LogP contribution is -1.99. The van der Waals surface area contributed by atoms with Crippen molar-refractivity contribution in [2.24, 2.45) is 11.8 Å². The van der Waals surface area contributed by atoms with Gasteiger partial charge in [-0.05, 0) is 36.3 Å². The molecule has 0 bridgehead atoms. The molecule has 0 aromatic heterocycles. The highest BCUT2D eigenvalue weighted by atomic mass is 16.5. The molecule has 0 aliphatic rings. The molecule has 0 saturated carbocycles. The maximum atomic E-state index is 5.20. The molecule has 0 saturated heterocycles. The lowest BCUT2D eigenvalue weighted by Gasteiger charge is -2.13. The van der Waals surface area contributed by atoms with Gasteiger partial charge in [-0.15, -0.1) is 0 Å². The maximum Gasteiger partial charge on any atom is 0.118 e. The Balaban J connectivity index is 2.39. The van der Waals surface area contributed by atoms with Crippen molar-refractivity contribution in [3.63, 3.8) is 0 Å². The van der Waals surface area contributed by atoms with Gasteiger partial charge in [-0.25, -0.2) is 0 Å². The van der Waals surface area contributed by atoms with Crippen molar-refractivity contribution >= 4 is 5.76 Å². The average Bonchev–Trinajstić information content (AvgIpc) is 2.44. The minimum Gasteiger partial charge on any atom is -0.497 e.